The van der Waals surface area contributed by atoms with E-state index >= 15 is 0 Å². The second-order valence-corrected chi connectivity index (χ2v) is 4.45. The van der Waals surface area contributed by atoms with Gasteiger partial charge in [-0.3, -0.25) is 0 Å². The van der Waals surface area contributed by atoms with Crippen molar-refractivity contribution in [1.29, 1.82) is 0 Å². The van der Waals surface area contributed by atoms with Gasteiger partial charge in [0.25, 0.3) is 0 Å². The second-order valence-electron chi connectivity index (χ2n) is 2.45. The Morgan fingerprint density at radius 2 is 2.00 bits per heavy atom. The molecule has 0 aliphatic rings. The molecule has 1 N–H and O–H groups in total. The minimum absolute atomic E-state index is 0.667. The third-order valence-corrected chi connectivity index (χ3v) is 3.06. The zero-order valence-electron chi connectivity index (χ0n) is 5.87. The molecule has 0 saturated carbocycles. The quantitative estimate of drug-likeness (QED) is 0.706. The van der Waals surface area contributed by atoms with Gasteiger partial charge in [-0.1, -0.05) is 23.2 Å². The van der Waals surface area contributed by atoms with Crippen molar-refractivity contribution in [3.05, 3.63) is 31.9 Å². The smallest absolute Gasteiger partial charge is 0.0662 e. The number of aromatic amines is 1. The number of nitrogens with one attached hydrogen (secondary N) is 1. The summed E-state index contributed by atoms with van der Waals surface area (Å²) in [5.74, 6) is 0. The summed E-state index contributed by atoms with van der Waals surface area (Å²) in [5.41, 5.74) is 0.950. The van der Waals surface area contributed by atoms with Gasteiger partial charge in [-0.15, -0.1) is 0 Å². The first-order valence-electron chi connectivity index (χ1n) is 3.30. The molecular formula is C8H4Cl2IN. The van der Waals surface area contributed by atoms with Crippen LogP contribution >= 0.6 is 45.8 Å². The molecule has 1 nitrogen and oxygen atoms in total. The normalized spacial score (nSPS) is 10.9. The van der Waals surface area contributed by atoms with Crippen molar-refractivity contribution in [3.63, 3.8) is 0 Å². The van der Waals surface area contributed by atoms with Gasteiger partial charge in [0.2, 0.25) is 0 Å². The number of hydrogen-bond donors (Lipinski definition) is 1. The van der Waals surface area contributed by atoms with Crippen molar-refractivity contribution in [2.75, 3.05) is 0 Å². The summed E-state index contributed by atoms with van der Waals surface area (Å²) in [6.45, 7) is 0. The molecule has 0 amide bonds. The van der Waals surface area contributed by atoms with Crippen LogP contribution in [0.4, 0.5) is 0 Å². The van der Waals surface area contributed by atoms with Gasteiger partial charge < -0.3 is 4.98 Å². The predicted octanol–water partition coefficient (Wildman–Crippen LogP) is 4.08. The number of benzene rings is 1. The highest BCUT2D eigenvalue weighted by atomic mass is 127. The molecule has 1 aromatic heterocycles. The summed E-state index contributed by atoms with van der Waals surface area (Å²) in [6.07, 6.45) is 1.91. The van der Waals surface area contributed by atoms with Crippen molar-refractivity contribution in [1.82, 2.24) is 4.98 Å². The summed E-state index contributed by atoms with van der Waals surface area (Å²) in [6, 6.07) is 3.64. The standard InChI is InChI=1S/C8H4Cl2IN/c9-4-1-5-7(11)3-12-8(5)6(10)2-4/h1-3,12H. The van der Waals surface area contributed by atoms with Gasteiger partial charge in [0, 0.05) is 20.2 Å². The Bertz CT molecular complexity index is 436. The molecule has 0 bridgehead atoms. The lowest BCUT2D eigenvalue weighted by Crippen LogP contribution is -1.72. The van der Waals surface area contributed by atoms with Crippen LogP contribution in [0.15, 0.2) is 18.3 Å². The molecule has 0 aliphatic carbocycles. The van der Waals surface area contributed by atoms with Crippen LogP contribution in [0.1, 0.15) is 0 Å². The van der Waals surface area contributed by atoms with Crippen LogP contribution < -0.4 is 0 Å². The van der Waals surface area contributed by atoms with Crippen molar-refractivity contribution in [3.8, 4) is 0 Å². The molecule has 0 aliphatic heterocycles. The largest absolute Gasteiger partial charge is 0.359 e. The molecule has 4 heteroatoms. The van der Waals surface area contributed by atoms with Crippen LogP contribution in [0.5, 0.6) is 0 Å². The Labute approximate surface area is 93.2 Å². The van der Waals surface area contributed by atoms with Crippen molar-refractivity contribution < 1.29 is 0 Å². The fourth-order valence-electron chi connectivity index (χ4n) is 1.12. The molecule has 2 aromatic rings. The summed E-state index contributed by atoms with van der Waals surface area (Å²) >= 11 is 14.0. The lowest BCUT2D eigenvalue weighted by atomic mass is 10.2. The van der Waals surface area contributed by atoms with Crippen LogP contribution in [0, 0.1) is 3.57 Å². The number of aromatic nitrogens is 1. The molecule has 62 valence electrons. The molecule has 1 aromatic carbocycles. The number of halogens is 3. The summed E-state index contributed by atoms with van der Waals surface area (Å²) < 4.78 is 1.13. The van der Waals surface area contributed by atoms with Gasteiger partial charge in [0.15, 0.2) is 0 Å². The minimum atomic E-state index is 0.667. The maximum Gasteiger partial charge on any atom is 0.0662 e. The van der Waals surface area contributed by atoms with Crippen LogP contribution in [0.3, 0.4) is 0 Å². The van der Waals surface area contributed by atoms with Gasteiger partial charge in [0.1, 0.15) is 0 Å². The van der Waals surface area contributed by atoms with Gasteiger partial charge >= 0.3 is 0 Å². The highest BCUT2D eigenvalue weighted by Gasteiger charge is 2.05. The van der Waals surface area contributed by atoms with Crippen LogP contribution in [-0.4, -0.2) is 4.98 Å². The zero-order valence-corrected chi connectivity index (χ0v) is 9.54. The number of fused-ring (bicyclic) bond motifs is 1. The van der Waals surface area contributed by atoms with E-state index in [1.54, 1.807) is 6.07 Å². The SMILES string of the molecule is Clc1cc(Cl)c2[nH]cc(I)c2c1. The van der Waals surface area contributed by atoms with E-state index in [1.807, 2.05) is 12.3 Å². The fourth-order valence-corrected chi connectivity index (χ4v) is 2.25. The molecule has 0 saturated heterocycles. The van der Waals surface area contributed by atoms with E-state index in [1.165, 1.54) is 0 Å². The zero-order chi connectivity index (χ0) is 8.72. The fraction of sp³-hybridized carbons (Fsp3) is 0. The van der Waals surface area contributed by atoms with Crippen LogP contribution in [-0.2, 0) is 0 Å². The summed E-state index contributed by atoms with van der Waals surface area (Å²) in [7, 11) is 0. The number of H-pyrrole nitrogens is 1. The van der Waals surface area contributed by atoms with Crippen LogP contribution in [0.2, 0.25) is 10.0 Å². The van der Waals surface area contributed by atoms with E-state index in [4.69, 9.17) is 23.2 Å². The summed E-state index contributed by atoms with van der Waals surface area (Å²) in [5, 5.41) is 2.42. The highest BCUT2D eigenvalue weighted by molar-refractivity contribution is 14.1. The molecule has 2 rings (SSSR count). The lowest BCUT2D eigenvalue weighted by molar-refractivity contribution is 1.47. The predicted molar refractivity (Wildman–Crippen MR) is 61.0 cm³/mol. The first kappa shape index (κ1) is 8.66. The molecule has 0 radical (unpaired) electrons. The summed E-state index contributed by atoms with van der Waals surface area (Å²) in [4.78, 5) is 3.09. The third kappa shape index (κ3) is 1.32. The second kappa shape index (κ2) is 3.09. The number of rotatable bonds is 0. The molecule has 1 heterocycles. The van der Waals surface area contributed by atoms with Crippen molar-refractivity contribution >= 4 is 56.7 Å². The van der Waals surface area contributed by atoms with Crippen molar-refractivity contribution in [2.45, 2.75) is 0 Å². The molecule has 0 atom stereocenters. The topological polar surface area (TPSA) is 15.8 Å². The Morgan fingerprint density at radius 3 is 2.75 bits per heavy atom. The van der Waals surface area contributed by atoms with E-state index in [-0.39, 0.29) is 0 Å². The first-order chi connectivity index (χ1) is 5.68. The van der Waals surface area contributed by atoms with E-state index in [0.29, 0.717) is 10.0 Å². The Hall–Kier alpha value is 0.0700. The van der Waals surface area contributed by atoms with Gasteiger partial charge in [-0.05, 0) is 34.7 Å². The van der Waals surface area contributed by atoms with E-state index < -0.39 is 0 Å². The van der Waals surface area contributed by atoms with Gasteiger partial charge in [0.05, 0.1) is 10.5 Å². The Kier molecular flexibility index (Phi) is 2.23. The average molecular weight is 312 g/mol. The van der Waals surface area contributed by atoms with Crippen LogP contribution in [0.25, 0.3) is 10.9 Å². The molecule has 12 heavy (non-hydrogen) atoms. The monoisotopic (exact) mass is 311 g/mol. The molecule has 0 unspecified atom stereocenters. The highest BCUT2D eigenvalue weighted by Crippen LogP contribution is 2.29. The minimum Gasteiger partial charge on any atom is -0.359 e. The van der Waals surface area contributed by atoms with Gasteiger partial charge in [-0.2, -0.15) is 0 Å². The molecule has 0 fully saturated rings. The van der Waals surface area contributed by atoms with Crippen molar-refractivity contribution in [2.24, 2.45) is 0 Å². The Balaban J connectivity index is 2.92. The van der Waals surface area contributed by atoms with E-state index in [9.17, 15) is 0 Å². The maximum absolute atomic E-state index is 5.96. The average Bonchev–Trinajstić information content (AvgIpc) is 2.33. The van der Waals surface area contributed by atoms with E-state index in [2.05, 4.69) is 27.6 Å². The third-order valence-electron chi connectivity index (χ3n) is 1.66. The van der Waals surface area contributed by atoms with E-state index in [0.717, 1.165) is 14.5 Å². The number of hydrogen-bond acceptors (Lipinski definition) is 0. The Morgan fingerprint density at radius 1 is 1.25 bits per heavy atom. The first-order valence-corrected chi connectivity index (χ1v) is 5.13. The van der Waals surface area contributed by atoms with Gasteiger partial charge in [-0.25, -0.2) is 0 Å². The maximum atomic E-state index is 5.96. The molecular weight excluding hydrogens is 308 g/mol. The molecule has 0 spiro atoms. The lowest BCUT2D eigenvalue weighted by Gasteiger charge is -1.95.